The first kappa shape index (κ1) is 19.9. The van der Waals surface area contributed by atoms with Crippen LogP contribution >= 0.6 is 0 Å². The molecule has 0 radical (unpaired) electrons. The highest BCUT2D eigenvalue weighted by Gasteiger charge is 2.51. The SMILES string of the molecule is CCOC(=O)c1c(F)ccc2c1O[B-]1(C[C@@H]2C)O[C@@H](c2ccccc2)[C@H](C)N1C. The maximum atomic E-state index is 14.6. The van der Waals surface area contributed by atoms with E-state index in [9.17, 15) is 9.18 Å². The van der Waals surface area contributed by atoms with Gasteiger partial charge in [-0.15, -0.1) is 0 Å². The van der Waals surface area contributed by atoms with Crippen LogP contribution in [0.25, 0.3) is 0 Å². The van der Waals surface area contributed by atoms with Gasteiger partial charge in [-0.2, -0.15) is 0 Å². The number of carbonyl (C=O) groups is 1. The topological polar surface area (TPSA) is 48.0 Å². The van der Waals surface area contributed by atoms with Gasteiger partial charge in [-0.3, -0.25) is 0 Å². The minimum Gasteiger partial charge on any atom is -0.679 e. The number of fused-ring (bicyclic) bond motifs is 1. The van der Waals surface area contributed by atoms with Crippen LogP contribution in [0, 0.1) is 5.82 Å². The van der Waals surface area contributed by atoms with Gasteiger partial charge in [0.25, 0.3) is 0 Å². The summed E-state index contributed by atoms with van der Waals surface area (Å²) in [6, 6.07) is 13.1. The Kier molecular flexibility index (Phi) is 5.13. The fraction of sp³-hybridized carbons (Fsp3) is 0.409. The van der Waals surface area contributed by atoms with Gasteiger partial charge in [0.15, 0.2) is 0 Å². The van der Waals surface area contributed by atoms with E-state index in [4.69, 9.17) is 14.0 Å². The highest BCUT2D eigenvalue weighted by molar-refractivity contribution is 6.66. The highest BCUT2D eigenvalue weighted by atomic mass is 19.1. The summed E-state index contributed by atoms with van der Waals surface area (Å²) in [7, 11) is 1.97. The number of esters is 1. The van der Waals surface area contributed by atoms with Gasteiger partial charge in [0.1, 0.15) is 11.4 Å². The van der Waals surface area contributed by atoms with E-state index in [1.807, 2.05) is 37.4 Å². The van der Waals surface area contributed by atoms with Crippen molar-refractivity contribution < 1.29 is 23.2 Å². The molecule has 0 amide bonds. The Hall–Kier alpha value is -2.38. The van der Waals surface area contributed by atoms with Crippen molar-refractivity contribution in [2.75, 3.05) is 13.7 Å². The summed E-state index contributed by atoms with van der Waals surface area (Å²) in [5, 5.41) is 0. The summed E-state index contributed by atoms with van der Waals surface area (Å²) in [5.41, 5.74) is 1.72. The Morgan fingerprint density at radius 2 is 1.97 bits per heavy atom. The second-order valence-electron chi connectivity index (χ2n) is 8.01. The fourth-order valence-corrected chi connectivity index (χ4v) is 4.63. The minimum atomic E-state index is -1.90. The molecule has 0 bridgehead atoms. The maximum absolute atomic E-state index is 14.6. The first-order valence-corrected chi connectivity index (χ1v) is 10.2. The molecule has 0 aromatic heterocycles. The second kappa shape index (κ2) is 7.46. The van der Waals surface area contributed by atoms with Crippen LogP contribution < -0.4 is 4.65 Å². The molecule has 7 heteroatoms. The quantitative estimate of drug-likeness (QED) is 0.562. The van der Waals surface area contributed by atoms with E-state index in [0.29, 0.717) is 6.32 Å². The summed E-state index contributed by atoms with van der Waals surface area (Å²) in [4.78, 5) is 14.6. The van der Waals surface area contributed by atoms with Crippen LogP contribution in [0.2, 0.25) is 6.32 Å². The molecule has 2 aliphatic heterocycles. The van der Waals surface area contributed by atoms with Gasteiger partial charge in [0.05, 0.1) is 18.5 Å². The number of hydrogen-bond acceptors (Lipinski definition) is 5. The van der Waals surface area contributed by atoms with Gasteiger partial charge in [0.2, 0.25) is 0 Å². The van der Waals surface area contributed by atoms with E-state index in [0.717, 1.165) is 11.1 Å². The molecule has 1 fully saturated rings. The zero-order valence-corrected chi connectivity index (χ0v) is 17.2. The zero-order valence-electron chi connectivity index (χ0n) is 17.2. The number of halogens is 1. The van der Waals surface area contributed by atoms with Crippen LogP contribution in [0.15, 0.2) is 42.5 Å². The van der Waals surface area contributed by atoms with Crippen LogP contribution in [-0.2, 0) is 9.39 Å². The summed E-state index contributed by atoms with van der Waals surface area (Å²) < 4.78 is 32.7. The predicted octanol–water partition coefficient (Wildman–Crippen LogP) is 4.53. The van der Waals surface area contributed by atoms with Crippen LogP contribution in [0.3, 0.4) is 0 Å². The van der Waals surface area contributed by atoms with E-state index in [-0.39, 0.29) is 36.0 Å². The molecule has 29 heavy (non-hydrogen) atoms. The van der Waals surface area contributed by atoms with Crippen LogP contribution in [-0.4, -0.2) is 37.2 Å². The maximum Gasteiger partial charge on any atom is 0.373 e. The van der Waals surface area contributed by atoms with Gasteiger partial charge in [0, 0.05) is 6.04 Å². The number of carbonyl (C=O) groups excluding carboxylic acids is 1. The molecule has 4 atom stereocenters. The minimum absolute atomic E-state index is 0.0386. The van der Waals surface area contributed by atoms with Crippen LogP contribution in [0.1, 0.15) is 54.3 Å². The molecule has 4 rings (SSSR count). The van der Waals surface area contributed by atoms with E-state index >= 15 is 0 Å². The van der Waals surface area contributed by atoms with E-state index < -0.39 is 18.5 Å². The number of ether oxygens (including phenoxy) is 1. The number of likely N-dealkylation sites (N-methyl/N-ethyl adjacent to an activating group) is 1. The lowest BCUT2D eigenvalue weighted by atomic mass is 9.59. The summed E-state index contributed by atoms with van der Waals surface area (Å²) in [6.45, 7) is 4.10. The Labute approximate surface area is 170 Å². The fourth-order valence-electron chi connectivity index (χ4n) is 4.63. The molecule has 2 aromatic carbocycles. The van der Waals surface area contributed by atoms with E-state index in [1.165, 1.54) is 6.07 Å². The molecule has 2 aliphatic rings. The van der Waals surface area contributed by atoms with Crippen LogP contribution in [0.5, 0.6) is 5.75 Å². The molecule has 2 aromatic rings. The van der Waals surface area contributed by atoms with Gasteiger partial charge in [-0.05, 0) is 44.0 Å². The average molecular weight is 398 g/mol. The lowest BCUT2D eigenvalue weighted by Gasteiger charge is -2.49. The third kappa shape index (κ3) is 3.22. The largest absolute Gasteiger partial charge is 0.679 e. The molecule has 1 spiro atoms. The Morgan fingerprint density at radius 3 is 2.66 bits per heavy atom. The number of nitrogens with zero attached hydrogens (tertiary/aromatic N) is 1. The third-order valence-electron chi connectivity index (χ3n) is 6.29. The lowest BCUT2D eigenvalue weighted by molar-refractivity contribution is 0.0517. The summed E-state index contributed by atoms with van der Waals surface area (Å²) in [5.74, 6) is -1.07. The van der Waals surface area contributed by atoms with Gasteiger partial charge >= 0.3 is 12.7 Å². The van der Waals surface area contributed by atoms with Crippen molar-refractivity contribution in [3.63, 3.8) is 0 Å². The van der Waals surface area contributed by atoms with Crippen molar-refractivity contribution in [1.82, 2.24) is 4.81 Å². The molecular weight excluding hydrogens is 372 g/mol. The molecule has 0 aliphatic carbocycles. The highest BCUT2D eigenvalue weighted by Crippen LogP contribution is 2.49. The smallest absolute Gasteiger partial charge is 0.373 e. The van der Waals surface area contributed by atoms with Gasteiger partial charge in [-0.1, -0.05) is 49.6 Å². The lowest BCUT2D eigenvalue weighted by Crippen LogP contribution is -2.58. The summed E-state index contributed by atoms with van der Waals surface area (Å²) >= 11 is 0. The Morgan fingerprint density at radius 1 is 1.24 bits per heavy atom. The normalized spacial score (nSPS) is 28.8. The van der Waals surface area contributed by atoms with Crippen molar-refractivity contribution in [2.45, 2.75) is 45.2 Å². The predicted molar refractivity (Wildman–Crippen MR) is 109 cm³/mol. The van der Waals surface area contributed by atoms with Crippen molar-refractivity contribution in [2.24, 2.45) is 0 Å². The number of rotatable bonds is 3. The standard InChI is InChI=1S/C22H26BFNO4/c1-5-27-22(26)19-18(24)12-11-17-14(2)13-23(29-21(17)19)25(4)15(3)20(28-23)16-9-7-6-8-10-16/h6-12,14-15,20H,5,13H2,1-4H3/q-1/t14-,15-,20+,23?/m0/s1. The zero-order chi connectivity index (χ0) is 20.8. The second-order valence-corrected chi connectivity index (χ2v) is 8.01. The molecule has 1 saturated heterocycles. The Bertz CT molecular complexity index is 925. The summed E-state index contributed by atoms with van der Waals surface area (Å²) in [6.07, 6.45) is 0.458. The van der Waals surface area contributed by atoms with Crippen molar-refractivity contribution in [3.05, 3.63) is 65.0 Å². The van der Waals surface area contributed by atoms with Crippen LogP contribution in [0.4, 0.5) is 4.39 Å². The molecular formula is C22H26BFNO4-. The molecule has 5 nitrogen and oxygen atoms in total. The Balaban J connectivity index is 1.76. The molecule has 1 unspecified atom stereocenters. The molecule has 2 heterocycles. The molecule has 0 N–H and O–H groups in total. The molecule has 154 valence electrons. The van der Waals surface area contributed by atoms with Gasteiger partial charge in [-0.25, -0.2) is 9.18 Å². The van der Waals surface area contributed by atoms with E-state index in [2.05, 4.69) is 18.7 Å². The monoisotopic (exact) mass is 398 g/mol. The van der Waals surface area contributed by atoms with Crippen molar-refractivity contribution in [3.8, 4) is 5.75 Å². The molecule has 0 saturated carbocycles. The van der Waals surface area contributed by atoms with Crippen molar-refractivity contribution in [1.29, 1.82) is 0 Å². The van der Waals surface area contributed by atoms with E-state index in [1.54, 1.807) is 13.0 Å². The van der Waals surface area contributed by atoms with Gasteiger partial charge < -0.3 is 18.9 Å². The number of hydrogen-bond donors (Lipinski definition) is 0. The number of benzene rings is 2. The third-order valence-corrected chi connectivity index (χ3v) is 6.29. The first-order valence-electron chi connectivity index (χ1n) is 10.2. The van der Waals surface area contributed by atoms with Crippen molar-refractivity contribution >= 4 is 12.7 Å². The average Bonchev–Trinajstić information content (AvgIpc) is 2.93. The first-order chi connectivity index (χ1) is 13.9.